The van der Waals surface area contributed by atoms with Crippen LogP contribution in [-0.2, 0) is 37.4 Å². The molecule has 0 spiro atoms. The van der Waals surface area contributed by atoms with Gasteiger partial charge in [-0.1, -0.05) is 24.3 Å². The molecule has 1 N–H and O–H groups in total. The van der Waals surface area contributed by atoms with E-state index in [4.69, 9.17) is 0 Å². The first-order valence-corrected chi connectivity index (χ1v) is 10.3. The molecule has 4 heterocycles. The maximum Gasteiger partial charge on any atom is 0.275 e. The van der Waals surface area contributed by atoms with Crippen molar-refractivity contribution in [1.82, 2.24) is 29.8 Å². The second-order valence-electron chi connectivity index (χ2n) is 7.99. The molecule has 154 valence electrons. The number of carbonyl (C=O) groups excluding carboxylic acids is 2. The van der Waals surface area contributed by atoms with Crippen LogP contribution < -0.4 is 0 Å². The van der Waals surface area contributed by atoms with Crippen LogP contribution in [-0.4, -0.2) is 48.1 Å². The number of nitrogens with zero attached hydrogens (tertiary/aromatic N) is 5. The van der Waals surface area contributed by atoms with Crippen LogP contribution in [0.1, 0.15) is 45.0 Å². The summed E-state index contributed by atoms with van der Waals surface area (Å²) in [4.78, 5) is 29.4. The highest BCUT2D eigenvalue weighted by molar-refractivity contribution is 5.94. The molecule has 0 saturated heterocycles. The van der Waals surface area contributed by atoms with E-state index in [2.05, 4.69) is 27.4 Å². The van der Waals surface area contributed by atoms with E-state index in [9.17, 15) is 9.59 Å². The van der Waals surface area contributed by atoms with Gasteiger partial charge in [0.05, 0.1) is 17.9 Å². The molecule has 0 fully saturated rings. The van der Waals surface area contributed by atoms with Crippen LogP contribution in [0.3, 0.4) is 0 Å². The molecule has 1 aromatic carbocycles. The predicted molar refractivity (Wildman–Crippen MR) is 109 cm³/mol. The largest absolute Gasteiger partial charge is 0.336 e. The van der Waals surface area contributed by atoms with Crippen molar-refractivity contribution in [1.29, 1.82) is 0 Å². The van der Waals surface area contributed by atoms with E-state index in [-0.39, 0.29) is 11.8 Å². The van der Waals surface area contributed by atoms with Crippen molar-refractivity contribution in [3.05, 3.63) is 70.3 Å². The summed E-state index contributed by atoms with van der Waals surface area (Å²) in [7, 11) is 0. The Balaban J connectivity index is 1.23. The van der Waals surface area contributed by atoms with Crippen molar-refractivity contribution in [2.24, 2.45) is 0 Å². The third-order valence-electron chi connectivity index (χ3n) is 5.95. The zero-order valence-corrected chi connectivity index (χ0v) is 17.0. The standard InChI is InChI=1S/C22H24N6O2/c1-15-6-10-28(25-15)11-8-20(29)26-9-7-18-19(14-26)23-24-21(18)22(30)27-12-16-4-2-3-5-17(16)13-27/h2-6,10H,7-9,11-14H2,1H3,(H,23,24). The fourth-order valence-corrected chi connectivity index (χ4v) is 4.29. The first-order chi connectivity index (χ1) is 14.6. The second kappa shape index (κ2) is 7.44. The predicted octanol–water partition coefficient (Wildman–Crippen LogP) is 2.05. The molecule has 2 aromatic heterocycles. The minimum atomic E-state index is -0.0440. The fourth-order valence-electron chi connectivity index (χ4n) is 4.29. The van der Waals surface area contributed by atoms with Crippen LogP contribution in [0.15, 0.2) is 36.5 Å². The van der Waals surface area contributed by atoms with Crippen LogP contribution >= 0.6 is 0 Å². The van der Waals surface area contributed by atoms with Gasteiger partial charge in [-0.3, -0.25) is 19.4 Å². The number of hydrogen-bond acceptors (Lipinski definition) is 4. The molecule has 0 saturated carbocycles. The number of carbonyl (C=O) groups is 2. The number of rotatable bonds is 4. The Morgan fingerprint density at radius 2 is 1.83 bits per heavy atom. The van der Waals surface area contributed by atoms with E-state index in [1.165, 1.54) is 11.1 Å². The monoisotopic (exact) mass is 404 g/mol. The van der Waals surface area contributed by atoms with E-state index in [0.717, 1.165) is 17.0 Å². The Hall–Kier alpha value is -3.42. The lowest BCUT2D eigenvalue weighted by Crippen LogP contribution is -2.37. The van der Waals surface area contributed by atoms with Gasteiger partial charge in [0.25, 0.3) is 5.91 Å². The van der Waals surface area contributed by atoms with Gasteiger partial charge in [0, 0.05) is 44.4 Å². The molecule has 3 aromatic rings. The maximum absolute atomic E-state index is 13.1. The lowest BCUT2D eigenvalue weighted by molar-refractivity contribution is -0.132. The lowest BCUT2D eigenvalue weighted by atomic mass is 10.0. The number of aromatic nitrogens is 4. The highest BCUT2D eigenvalue weighted by atomic mass is 16.2. The summed E-state index contributed by atoms with van der Waals surface area (Å²) in [5.41, 5.74) is 5.64. The minimum Gasteiger partial charge on any atom is -0.336 e. The van der Waals surface area contributed by atoms with Crippen molar-refractivity contribution in [2.75, 3.05) is 6.54 Å². The highest BCUT2D eigenvalue weighted by Crippen LogP contribution is 2.27. The Bertz CT molecular complexity index is 1090. The van der Waals surface area contributed by atoms with E-state index < -0.39 is 0 Å². The Kier molecular flexibility index (Phi) is 4.61. The number of aromatic amines is 1. The molecule has 2 aliphatic rings. The van der Waals surface area contributed by atoms with Gasteiger partial charge in [0.2, 0.25) is 5.91 Å². The first kappa shape index (κ1) is 18.6. The molecule has 0 bridgehead atoms. The average molecular weight is 404 g/mol. The molecular weight excluding hydrogens is 380 g/mol. The van der Waals surface area contributed by atoms with Gasteiger partial charge in [-0.2, -0.15) is 10.2 Å². The number of hydrogen-bond donors (Lipinski definition) is 1. The van der Waals surface area contributed by atoms with E-state index in [0.29, 0.717) is 51.3 Å². The van der Waals surface area contributed by atoms with Crippen molar-refractivity contribution >= 4 is 11.8 Å². The Morgan fingerprint density at radius 1 is 1.07 bits per heavy atom. The summed E-state index contributed by atoms with van der Waals surface area (Å²) in [5, 5.41) is 11.7. The topological polar surface area (TPSA) is 87.1 Å². The highest BCUT2D eigenvalue weighted by Gasteiger charge is 2.31. The van der Waals surface area contributed by atoms with Crippen LogP contribution in [0.25, 0.3) is 0 Å². The van der Waals surface area contributed by atoms with Gasteiger partial charge >= 0.3 is 0 Å². The molecule has 0 atom stereocenters. The smallest absolute Gasteiger partial charge is 0.275 e. The number of nitrogens with one attached hydrogen (secondary N) is 1. The second-order valence-corrected chi connectivity index (χ2v) is 7.99. The molecule has 2 aliphatic heterocycles. The van der Waals surface area contributed by atoms with Gasteiger partial charge in [-0.05, 0) is 30.5 Å². The number of aryl methyl sites for hydroxylation is 2. The van der Waals surface area contributed by atoms with Gasteiger partial charge in [-0.25, -0.2) is 0 Å². The summed E-state index contributed by atoms with van der Waals surface area (Å²) in [5.74, 6) is 0.0452. The molecule has 0 aliphatic carbocycles. The third kappa shape index (κ3) is 3.38. The summed E-state index contributed by atoms with van der Waals surface area (Å²) in [6.07, 6.45) is 2.93. The molecule has 5 rings (SSSR count). The molecule has 0 radical (unpaired) electrons. The number of benzene rings is 1. The zero-order valence-electron chi connectivity index (χ0n) is 17.0. The van der Waals surface area contributed by atoms with Crippen molar-refractivity contribution in [3.63, 3.8) is 0 Å². The summed E-state index contributed by atoms with van der Waals surface area (Å²) in [6, 6.07) is 10.1. The third-order valence-corrected chi connectivity index (χ3v) is 5.95. The van der Waals surface area contributed by atoms with Crippen molar-refractivity contribution in [2.45, 2.75) is 45.9 Å². The van der Waals surface area contributed by atoms with Crippen LogP contribution in [0, 0.1) is 6.92 Å². The summed E-state index contributed by atoms with van der Waals surface area (Å²) in [6.45, 7) is 4.81. The van der Waals surface area contributed by atoms with Crippen LogP contribution in [0.4, 0.5) is 0 Å². The first-order valence-electron chi connectivity index (χ1n) is 10.3. The van der Waals surface area contributed by atoms with Gasteiger partial charge in [0.1, 0.15) is 0 Å². The van der Waals surface area contributed by atoms with E-state index >= 15 is 0 Å². The molecule has 0 unspecified atom stereocenters. The number of H-pyrrole nitrogens is 1. The van der Waals surface area contributed by atoms with Crippen molar-refractivity contribution < 1.29 is 9.59 Å². The fraction of sp³-hybridized carbons (Fsp3) is 0.364. The van der Waals surface area contributed by atoms with Gasteiger partial charge in [0.15, 0.2) is 5.69 Å². The van der Waals surface area contributed by atoms with Gasteiger partial charge in [-0.15, -0.1) is 0 Å². The van der Waals surface area contributed by atoms with E-state index in [1.54, 1.807) is 4.68 Å². The molecule has 30 heavy (non-hydrogen) atoms. The molecule has 8 nitrogen and oxygen atoms in total. The zero-order chi connectivity index (χ0) is 20.7. The lowest BCUT2D eigenvalue weighted by Gasteiger charge is -2.27. The normalized spacial score (nSPS) is 15.2. The average Bonchev–Trinajstić information content (AvgIpc) is 3.48. The molecule has 8 heteroatoms. The van der Waals surface area contributed by atoms with Crippen LogP contribution in [0.2, 0.25) is 0 Å². The number of amides is 2. The van der Waals surface area contributed by atoms with Crippen LogP contribution in [0.5, 0.6) is 0 Å². The summed E-state index contributed by atoms with van der Waals surface area (Å²) < 4.78 is 1.80. The SMILES string of the molecule is Cc1ccn(CCC(=O)N2CCc3c(C(=O)N4Cc5ccccc5C4)n[nH]c3C2)n1. The minimum absolute atomic E-state index is 0.0440. The molecular formula is C22H24N6O2. The summed E-state index contributed by atoms with van der Waals surface area (Å²) >= 11 is 0. The molecule has 2 amide bonds. The maximum atomic E-state index is 13.1. The Labute approximate surface area is 174 Å². The van der Waals surface area contributed by atoms with Gasteiger partial charge < -0.3 is 9.80 Å². The quantitative estimate of drug-likeness (QED) is 0.721. The van der Waals surface area contributed by atoms with Crippen molar-refractivity contribution in [3.8, 4) is 0 Å². The number of fused-ring (bicyclic) bond motifs is 2. The van der Waals surface area contributed by atoms with E-state index in [1.807, 2.05) is 41.1 Å². The Morgan fingerprint density at radius 3 is 2.53 bits per heavy atom.